The van der Waals surface area contributed by atoms with Gasteiger partial charge >= 0.3 is 11.9 Å². The Hall–Kier alpha value is -2.85. The zero-order chi connectivity index (χ0) is 26.3. The van der Waals surface area contributed by atoms with Crippen LogP contribution in [-0.2, 0) is 23.9 Å². The SMILES string of the molecule is CCC(CC(=O)O)OC(=O)CCC(=O)NC(CC(C)C)C(=O)NC(CCCN=C(N)N)C(C)C. The molecule has 0 radical (unpaired) electrons. The fraction of sp³-hybridized carbons (Fsp3) is 0.783. The molecule has 0 spiro atoms. The minimum absolute atomic E-state index is 0.0285. The summed E-state index contributed by atoms with van der Waals surface area (Å²) in [5.74, 6) is -2.08. The summed E-state index contributed by atoms with van der Waals surface area (Å²) in [4.78, 5) is 52.1. The summed E-state index contributed by atoms with van der Waals surface area (Å²) in [6, 6.07) is -0.846. The van der Waals surface area contributed by atoms with E-state index in [4.69, 9.17) is 21.3 Å². The Labute approximate surface area is 202 Å². The van der Waals surface area contributed by atoms with Gasteiger partial charge in [-0.05, 0) is 37.5 Å². The molecule has 7 N–H and O–H groups in total. The standard InChI is InChI=1S/C23H43N5O6/c1-6-16(13-20(30)31)34-21(32)10-9-19(29)27-18(12-14(2)3)22(33)28-17(15(4)5)8-7-11-26-23(24)25/h14-18H,6-13H2,1-5H3,(H,27,29)(H,28,33)(H,30,31)(H4,24,25,26). The Morgan fingerprint density at radius 3 is 2.18 bits per heavy atom. The van der Waals surface area contributed by atoms with Crippen LogP contribution in [0.5, 0.6) is 0 Å². The normalized spacial score (nSPS) is 13.6. The topological polar surface area (TPSA) is 186 Å². The lowest BCUT2D eigenvalue weighted by Gasteiger charge is -2.26. The average Bonchev–Trinajstić information content (AvgIpc) is 2.72. The second-order valence-corrected chi connectivity index (χ2v) is 9.18. The van der Waals surface area contributed by atoms with Crippen LogP contribution in [0, 0.1) is 11.8 Å². The summed E-state index contributed by atoms with van der Waals surface area (Å²) in [7, 11) is 0. The molecule has 0 saturated carbocycles. The van der Waals surface area contributed by atoms with Crippen molar-refractivity contribution in [3.63, 3.8) is 0 Å². The lowest BCUT2D eigenvalue weighted by Crippen LogP contribution is -2.51. The van der Waals surface area contributed by atoms with E-state index < -0.39 is 30.0 Å². The molecule has 11 heteroatoms. The largest absolute Gasteiger partial charge is 0.481 e. The second kappa shape index (κ2) is 16.7. The van der Waals surface area contributed by atoms with Crippen molar-refractivity contribution < 1.29 is 29.0 Å². The van der Waals surface area contributed by atoms with Gasteiger partial charge in [0, 0.05) is 19.0 Å². The molecule has 34 heavy (non-hydrogen) atoms. The summed E-state index contributed by atoms with van der Waals surface area (Å²) >= 11 is 0. The number of nitrogens with two attached hydrogens (primary N) is 2. The minimum atomic E-state index is -1.06. The molecule has 0 saturated heterocycles. The number of hydrogen-bond donors (Lipinski definition) is 5. The first-order valence-electron chi connectivity index (χ1n) is 11.9. The summed E-state index contributed by atoms with van der Waals surface area (Å²) in [5.41, 5.74) is 10.7. The number of carboxylic acid groups (broad SMARTS) is 1. The molecule has 0 rings (SSSR count). The molecular formula is C23H43N5O6. The summed E-state index contributed by atoms with van der Waals surface area (Å²) < 4.78 is 5.11. The average molecular weight is 486 g/mol. The van der Waals surface area contributed by atoms with Crippen LogP contribution in [-0.4, -0.2) is 59.6 Å². The molecule has 0 aromatic carbocycles. The third kappa shape index (κ3) is 15.1. The number of carboxylic acids is 1. The molecule has 2 amide bonds. The van der Waals surface area contributed by atoms with Crippen LogP contribution in [0.2, 0.25) is 0 Å². The smallest absolute Gasteiger partial charge is 0.307 e. The molecule has 11 nitrogen and oxygen atoms in total. The number of ether oxygens (including phenoxy) is 1. The van der Waals surface area contributed by atoms with Gasteiger partial charge in [-0.2, -0.15) is 0 Å². The molecule has 0 bridgehead atoms. The van der Waals surface area contributed by atoms with Crippen molar-refractivity contribution in [3.8, 4) is 0 Å². The van der Waals surface area contributed by atoms with Gasteiger partial charge in [0.1, 0.15) is 12.1 Å². The summed E-state index contributed by atoms with van der Waals surface area (Å²) in [6.45, 7) is 10.1. The number of hydrogen-bond acceptors (Lipinski definition) is 6. The van der Waals surface area contributed by atoms with Crippen molar-refractivity contribution in [2.75, 3.05) is 6.54 Å². The highest BCUT2D eigenvalue weighted by Gasteiger charge is 2.26. The van der Waals surface area contributed by atoms with E-state index in [0.717, 1.165) is 0 Å². The van der Waals surface area contributed by atoms with Crippen molar-refractivity contribution >= 4 is 29.7 Å². The van der Waals surface area contributed by atoms with Crippen molar-refractivity contribution in [3.05, 3.63) is 0 Å². The molecule has 196 valence electrons. The number of amides is 2. The van der Waals surface area contributed by atoms with Gasteiger partial charge in [0.15, 0.2) is 5.96 Å². The maximum absolute atomic E-state index is 13.0. The number of carbonyl (C=O) groups excluding carboxylic acids is 3. The first kappa shape index (κ1) is 31.1. The highest BCUT2D eigenvalue weighted by molar-refractivity contribution is 5.89. The Bertz CT molecular complexity index is 691. The molecular weight excluding hydrogens is 442 g/mol. The van der Waals surface area contributed by atoms with Gasteiger partial charge in [-0.15, -0.1) is 0 Å². The maximum Gasteiger partial charge on any atom is 0.307 e. The molecule has 0 aliphatic rings. The van der Waals surface area contributed by atoms with Gasteiger partial charge in [0.25, 0.3) is 0 Å². The van der Waals surface area contributed by atoms with E-state index in [0.29, 0.717) is 32.2 Å². The van der Waals surface area contributed by atoms with Crippen LogP contribution < -0.4 is 22.1 Å². The molecule has 0 heterocycles. The fourth-order valence-electron chi connectivity index (χ4n) is 3.27. The van der Waals surface area contributed by atoms with Crippen LogP contribution in [0.3, 0.4) is 0 Å². The van der Waals surface area contributed by atoms with Crippen LogP contribution in [0.1, 0.15) is 79.6 Å². The minimum Gasteiger partial charge on any atom is -0.481 e. The Balaban J connectivity index is 4.88. The zero-order valence-corrected chi connectivity index (χ0v) is 21.1. The molecule has 3 atom stereocenters. The molecule has 0 fully saturated rings. The van der Waals surface area contributed by atoms with E-state index in [2.05, 4.69) is 15.6 Å². The third-order valence-corrected chi connectivity index (χ3v) is 5.17. The van der Waals surface area contributed by atoms with Crippen LogP contribution in [0.4, 0.5) is 0 Å². The quantitative estimate of drug-likeness (QED) is 0.0882. The molecule has 3 unspecified atom stereocenters. The third-order valence-electron chi connectivity index (χ3n) is 5.17. The number of guanidine groups is 1. The van der Waals surface area contributed by atoms with Crippen molar-refractivity contribution in [2.45, 2.75) is 97.8 Å². The summed E-state index contributed by atoms with van der Waals surface area (Å²) in [5, 5.41) is 14.6. The number of nitrogens with one attached hydrogen (secondary N) is 2. The first-order chi connectivity index (χ1) is 15.8. The monoisotopic (exact) mass is 485 g/mol. The Kier molecular flexibility index (Phi) is 15.3. The van der Waals surface area contributed by atoms with Crippen LogP contribution >= 0.6 is 0 Å². The van der Waals surface area contributed by atoms with Crippen molar-refractivity contribution in [2.24, 2.45) is 28.3 Å². The van der Waals surface area contributed by atoms with Gasteiger partial charge in [-0.3, -0.25) is 24.2 Å². The van der Waals surface area contributed by atoms with E-state index >= 15 is 0 Å². The highest BCUT2D eigenvalue weighted by atomic mass is 16.5. The molecule has 0 aromatic heterocycles. The Morgan fingerprint density at radius 2 is 1.68 bits per heavy atom. The van der Waals surface area contributed by atoms with E-state index in [1.807, 2.05) is 27.7 Å². The van der Waals surface area contributed by atoms with Gasteiger partial charge < -0.3 is 31.9 Å². The maximum atomic E-state index is 13.0. The number of aliphatic imine (C=N–C) groups is 1. The number of aliphatic carboxylic acids is 1. The lowest BCUT2D eigenvalue weighted by molar-refractivity contribution is -0.153. The van der Waals surface area contributed by atoms with E-state index in [9.17, 15) is 19.2 Å². The van der Waals surface area contributed by atoms with Gasteiger partial charge in [0.05, 0.1) is 12.8 Å². The second-order valence-electron chi connectivity index (χ2n) is 9.18. The van der Waals surface area contributed by atoms with E-state index in [1.54, 1.807) is 6.92 Å². The van der Waals surface area contributed by atoms with E-state index in [-0.39, 0.29) is 49.0 Å². The van der Waals surface area contributed by atoms with Gasteiger partial charge in [-0.1, -0.05) is 34.6 Å². The van der Waals surface area contributed by atoms with Crippen molar-refractivity contribution in [1.82, 2.24) is 10.6 Å². The van der Waals surface area contributed by atoms with E-state index in [1.165, 1.54) is 0 Å². The van der Waals surface area contributed by atoms with Crippen LogP contribution in [0.25, 0.3) is 0 Å². The fourth-order valence-corrected chi connectivity index (χ4v) is 3.27. The lowest BCUT2D eigenvalue weighted by atomic mass is 9.97. The molecule has 0 aliphatic heterocycles. The number of esters is 1. The molecule has 0 aromatic rings. The Morgan fingerprint density at radius 1 is 1.03 bits per heavy atom. The highest BCUT2D eigenvalue weighted by Crippen LogP contribution is 2.12. The van der Waals surface area contributed by atoms with Gasteiger partial charge in [0.2, 0.25) is 11.8 Å². The first-order valence-corrected chi connectivity index (χ1v) is 11.9. The number of nitrogens with zero attached hydrogens (tertiary/aromatic N) is 1. The zero-order valence-electron chi connectivity index (χ0n) is 21.1. The number of carbonyl (C=O) groups is 4. The van der Waals surface area contributed by atoms with Crippen molar-refractivity contribution in [1.29, 1.82) is 0 Å². The molecule has 0 aliphatic carbocycles. The predicted molar refractivity (Wildman–Crippen MR) is 130 cm³/mol. The van der Waals surface area contributed by atoms with Gasteiger partial charge in [-0.25, -0.2) is 0 Å². The van der Waals surface area contributed by atoms with Crippen LogP contribution in [0.15, 0.2) is 4.99 Å². The number of rotatable bonds is 17. The summed E-state index contributed by atoms with van der Waals surface area (Å²) in [6.07, 6.45) is 0.824. The predicted octanol–water partition coefficient (Wildman–Crippen LogP) is 1.29.